The highest BCUT2D eigenvalue weighted by Gasteiger charge is 2.36. The maximum atomic E-state index is 12.2. The smallest absolute Gasteiger partial charge is 0.267 e. The standard InChI is InChI=1S/C14H13N3O2/c1-9-10-4-2-3-5-11(10)19-13(9)14(18)17-12-8-15-6-7-16-12/h2-9,13H,1H3,(H,16,17,18)/t9-,13-/m0/s1. The van der Waals surface area contributed by atoms with Crippen molar-refractivity contribution >= 4 is 11.7 Å². The molecule has 0 spiro atoms. The molecule has 1 aliphatic rings. The van der Waals surface area contributed by atoms with Crippen LogP contribution in [0.4, 0.5) is 5.82 Å². The fourth-order valence-corrected chi connectivity index (χ4v) is 2.21. The fraction of sp³-hybridized carbons (Fsp3) is 0.214. The van der Waals surface area contributed by atoms with Gasteiger partial charge < -0.3 is 10.1 Å². The summed E-state index contributed by atoms with van der Waals surface area (Å²) in [6.45, 7) is 1.98. The van der Waals surface area contributed by atoms with E-state index in [1.165, 1.54) is 12.4 Å². The number of para-hydroxylation sites is 1. The minimum absolute atomic E-state index is 0.0212. The Bertz CT molecular complexity index is 601. The van der Waals surface area contributed by atoms with E-state index in [2.05, 4.69) is 15.3 Å². The van der Waals surface area contributed by atoms with Crippen LogP contribution in [0.1, 0.15) is 18.4 Å². The second kappa shape index (κ2) is 4.68. The second-order valence-corrected chi connectivity index (χ2v) is 4.44. The first kappa shape index (κ1) is 11.6. The first-order chi connectivity index (χ1) is 9.25. The minimum Gasteiger partial charge on any atom is -0.480 e. The lowest BCUT2D eigenvalue weighted by molar-refractivity contribution is -0.122. The summed E-state index contributed by atoms with van der Waals surface area (Å²) in [6.07, 6.45) is 4.06. The number of anilines is 1. The highest BCUT2D eigenvalue weighted by molar-refractivity contribution is 5.94. The predicted molar refractivity (Wildman–Crippen MR) is 69.9 cm³/mol. The van der Waals surface area contributed by atoms with Crippen molar-refractivity contribution in [2.24, 2.45) is 0 Å². The summed E-state index contributed by atoms with van der Waals surface area (Å²) in [6, 6.07) is 7.70. The van der Waals surface area contributed by atoms with Crippen LogP contribution in [0.3, 0.4) is 0 Å². The van der Waals surface area contributed by atoms with E-state index in [0.717, 1.165) is 11.3 Å². The number of nitrogens with one attached hydrogen (secondary N) is 1. The quantitative estimate of drug-likeness (QED) is 0.891. The van der Waals surface area contributed by atoms with Crippen molar-refractivity contribution in [2.75, 3.05) is 5.32 Å². The van der Waals surface area contributed by atoms with Crippen LogP contribution in [0, 0.1) is 0 Å². The monoisotopic (exact) mass is 255 g/mol. The molecule has 1 aliphatic heterocycles. The maximum absolute atomic E-state index is 12.2. The minimum atomic E-state index is -0.528. The molecule has 19 heavy (non-hydrogen) atoms. The number of fused-ring (bicyclic) bond motifs is 1. The number of rotatable bonds is 2. The normalized spacial score (nSPS) is 20.5. The highest BCUT2D eigenvalue weighted by Crippen LogP contribution is 2.37. The van der Waals surface area contributed by atoms with Crippen LogP contribution in [0.2, 0.25) is 0 Å². The van der Waals surface area contributed by atoms with Gasteiger partial charge in [0.05, 0.1) is 6.20 Å². The third-order valence-electron chi connectivity index (χ3n) is 3.19. The van der Waals surface area contributed by atoms with Gasteiger partial charge in [-0.2, -0.15) is 0 Å². The lowest BCUT2D eigenvalue weighted by Gasteiger charge is -2.14. The molecule has 0 saturated heterocycles. The van der Waals surface area contributed by atoms with Gasteiger partial charge in [0.2, 0.25) is 0 Å². The molecule has 5 nitrogen and oxygen atoms in total. The first-order valence-corrected chi connectivity index (χ1v) is 6.08. The summed E-state index contributed by atoms with van der Waals surface area (Å²) < 4.78 is 5.69. The highest BCUT2D eigenvalue weighted by atomic mass is 16.5. The Morgan fingerprint density at radius 1 is 1.32 bits per heavy atom. The van der Waals surface area contributed by atoms with Gasteiger partial charge in [-0.3, -0.25) is 9.78 Å². The van der Waals surface area contributed by atoms with Gasteiger partial charge in [-0.05, 0) is 6.07 Å². The zero-order valence-electron chi connectivity index (χ0n) is 10.4. The lowest BCUT2D eigenvalue weighted by atomic mass is 9.97. The van der Waals surface area contributed by atoms with E-state index in [-0.39, 0.29) is 11.8 Å². The Hall–Kier alpha value is -2.43. The molecule has 0 bridgehead atoms. The molecule has 0 saturated carbocycles. The van der Waals surface area contributed by atoms with Crippen LogP contribution in [0.5, 0.6) is 5.75 Å². The number of carbonyl (C=O) groups is 1. The van der Waals surface area contributed by atoms with E-state index < -0.39 is 6.10 Å². The SMILES string of the molecule is C[C@H]1c2ccccc2O[C@@H]1C(=O)Nc1cnccn1. The molecular formula is C14H13N3O2. The summed E-state index contributed by atoms with van der Waals surface area (Å²) in [5.74, 6) is 1.02. The first-order valence-electron chi connectivity index (χ1n) is 6.08. The molecule has 1 N–H and O–H groups in total. The summed E-state index contributed by atoms with van der Waals surface area (Å²) in [5, 5.41) is 2.71. The summed E-state index contributed by atoms with van der Waals surface area (Å²) in [4.78, 5) is 20.1. The Morgan fingerprint density at radius 3 is 2.89 bits per heavy atom. The molecule has 3 rings (SSSR count). The summed E-state index contributed by atoms with van der Waals surface area (Å²) >= 11 is 0. The Labute approximate surface area is 110 Å². The molecule has 2 atom stereocenters. The molecule has 1 aromatic carbocycles. The van der Waals surface area contributed by atoms with E-state index in [1.807, 2.05) is 31.2 Å². The van der Waals surface area contributed by atoms with E-state index in [9.17, 15) is 4.79 Å². The molecule has 0 aliphatic carbocycles. The predicted octanol–water partition coefficient (Wildman–Crippen LogP) is 1.98. The number of aromatic nitrogens is 2. The Kier molecular flexibility index (Phi) is 2.87. The third kappa shape index (κ3) is 2.14. The van der Waals surface area contributed by atoms with E-state index >= 15 is 0 Å². The van der Waals surface area contributed by atoms with Crippen LogP contribution in [-0.2, 0) is 4.79 Å². The molecular weight excluding hydrogens is 242 g/mol. The van der Waals surface area contributed by atoms with Crippen molar-refractivity contribution < 1.29 is 9.53 Å². The number of ether oxygens (including phenoxy) is 1. The molecule has 96 valence electrons. The number of carbonyl (C=O) groups excluding carboxylic acids is 1. The molecule has 5 heteroatoms. The van der Waals surface area contributed by atoms with Crippen molar-refractivity contribution in [2.45, 2.75) is 18.9 Å². The number of benzene rings is 1. The van der Waals surface area contributed by atoms with Crippen LogP contribution in [-0.4, -0.2) is 22.0 Å². The van der Waals surface area contributed by atoms with Gasteiger partial charge in [0.15, 0.2) is 11.9 Å². The van der Waals surface area contributed by atoms with Gasteiger partial charge >= 0.3 is 0 Å². The van der Waals surface area contributed by atoms with Crippen molar-refractivity contribution in [3.63, 3.8) is 0 Å². The summed E-state index contributed by atoms with van der Waals surface area (Å²) in [7, 11) is 0. The van der Waals surface area contributed by atoms with Gasteiger partial charge in [0, 0.05) is 23.9 Å². The average Bonchev–Trinajstić information content (AvgIpc) is 2.78. The zero-order valence-corrected chi connectivity index (χ0v) is 10.4. The molecule has 1 aromatic heterocycles. The lowest BCUT2D eigenvalue weighted by Crippen LogP contribution is -2.33. The van der Waals surface area contributed by atoms with Crippen molar-refractivity contribution in [3.05, 3.63) is 48.4 Å². The number of hydrogen-bond donors (Lipinski definition) is 1. The molecule has 2 heterocycles. The van der Waals surface area contributed by atoms with E-state index in [1.54, 1.807) is 6.20 Å². The molecule has 2 aromatic rings. The van der Waals surface area contributed by atoms with Crippen LogP contribution < -0.4 is 10.1 Å². The zero-order chi connectivity index (χ0) is 13.2. The largest absolute Gasteiger partial charge is 0.480 e. The summed E-state index contributed by atoms with van der Waals surface area (Å²) in [5.41, 5.74) is 1.06. The maximum Gasteiger partial charge on any atom is 0.267 e. The third-order valence-corrected chi connectivity index (χ3v) is 3.19. The average molecular weight is 255 g/mol. The fourth-order valence-electron chi connectivity index (χ4n) is 2.21. The number of nitrogens with zero attached hydrogens (tertiary/aromatic N) is 2. The molecule has 1 amide bonds. The van der Waals surface area contributed by atoms with Crippen molar-refractivity contribution in [3.8, 4) is 5.75 Å². The van der Waals surface area contributed by atoms with Gasteiger partial charge in [-0.25, -0.2) is 4.98 Å². The van der Waals surface area contributed by atoms with Gasteiger partial charge in [0.25, 0.3) is 5.91 Å². The van der Waals surface area contributed by atoms with Crippen LogP contribution in [0.25, 0.3) is 0 Å². The second-order valence-electron chi connectivity index (χ2n) is 4.44. The number of hydrogen-bond acceptors (Lipinski definition) is 4. The molecule has 0 fully saturated rings. The van der Waals surface area contributed by atoms with E-state index in [0.29, 0.717) is 5.82 Å². The van der Waals surface area contributed by atoms with Crippen molar-refractivity contribution in [1.82, 2.24) is 9.97 Å². The van der Waals surface area contributed by atoms with Gasteiger partial charge in [-0.1, -0.05) is 25.1 Å². The van der Waals surface area contributed by atoms with Gasteiger partial charge in [0.1, 0.15) is 5.75 Å². The van der Waals surface area contributed by atoms with Crippen LogP contribution in [0.15, 0.2) is 42.9 Å². The molecule has 0 unspecified atom stereocenters. The van der Waals surface area contributed by atoms with Crippen LogP contribution >= 0.6 is 0 Å². The topological polar surface area (TPSA) is 64.1 Å². The Balaban J connectivity index is 1.77. The Morgan fingerprint density at radius 2 is 2.16 bits per heavy atom. The molecule has 0 radical (unpaired) electrons. The van der Waals surface area contributed by atoms with E-state index in [4.69, 9.17) is 4.74 Å². The van der Waals surface area contributed by atoms with Crippen molar-refractivity contribution in [1.29, 1.82) is 0 Å². The van der Waals surface area contributed by atoms with Gasteiger partial charge in [-0.15, -0.1) is 0 Å². The number of amides is 1.